The van der Waals surface area contributed by atoms with Gasteiger partial charge in [0.25, 0.3) is 0 Å². The van der Waals surface area contributed by atoms with Crippen LogP contribution in [0.3, 0.4) is 0 Å². The second-order valence-electron chi connectivity index (χ2n) is 4.40. The zero-order valence-electron chi connectivity index (χ0n) is 10.7. The second kappa shape index (κ2) is 5.92. The summed E-state index contributed by atoms with van der Waals surface area (Å²) in [6.07, 6.45) is 1.10. The molecule has 0 aliphatic rings. The Balaban J connectivity index is 2.26. The monoisotopic (exact) mass is 260 g/mol. The van der Waals surface area contributed by atoms with Gasteiger partial charge in [0, 0.05) is 5.02 Å². The van der Waals surface area contributed by atoms with Crippen LogP contribution in [0.4, 0.5) is 0 Å². The Labute approximate surface area is 113 Å². The molecule has 18 heavy (non-hydrogen) atoms. The van der Waals surface area contributed by atoms with Gasteiger partial charge in [0.1, 0.15) is 11.5 Å². The van der Waals surface area contributed by atoms with Crippen LogP contribution in [0, 0.1) is 0 Å². The molecule has 0 N–H and O–H groups in total. The third kappa shape index (κ3) is 3.05. The van der Waals surface area contributed by atoms with E-state index < -0.39 is 0 Å². The zero-order valence-corrected chi connectivity index (χ0v) is 11.4. The summed E-state index contributed by atoms with van der Waals surface area (Å²) in [5.41, 5.74) is 1.25. The molecule has 0 aliphatic heterocycles. The number of rotatable bonds is 4. The summed E-state index contributed by atoms with van der Waals surface area (Å²) in [5, 5.41) is 0.720. The summed E-state index contributed by atoms with van der Waals surface area (Å²) >= 11 is 5.86. The summed E-state index contributed by atoms with van der Waals surface area (Å²) < 4.78 is 5.93. The van der Waals surface area contributed by atoms with E-state index >= 15 is 0 Å². The van der Waals surface area contributed by atoms with Crippen molar-refractivity contribution in [2.24, 2.45) is 0 Å². The van der Waals surface area contributed by atoms with Gasteiger partial charge in [-0.25, -0.2) is 0 Å². The predicted molar refractivity (Wildman–Crippen MR) is 76.7 cm³/mol. The summed E-state index contributed by atoms with van der Waals surface area (Å²) in [5.74, 6) is 2.23. The molecule has 2 aromatic carbocycles. The van der Waals surface area contributed by atoms with Crippen molar-refractivity contribution in [1.29, 1.82) is 0 Å². The number of para-hydroxylation sites is 1. The van der Waals surface area contributed by atoms with Crippen LogP contribution < -0.4 is 4.74 Å². The molecule has 94 valence electrons. The number of benzene rings is 2. The average molecular weight is 261 g/mol. The lowest BCUT2D eigenvalue weighted by molar-refractivity contribution is 0.470. The number of halogens is 1. The van der Waals surface area contributed by atoms with Crippen LogP contribution in [0.15, 0.2) is 48.5 Å². The van der Waals surface area contributed by atoms with Gasteiger partial charge in [-0.05, 0) is 48.2 Å². The molecule has 0 saturated heterocycles. The fourth-order valence-electron chi connectivity index (χ4n) is 1.83. The van der Waals surface area contributed by atoms with E-state index in [0.29, 0.717) is 5.92 Å². The molecule has 0 aromatic heterocycles. The van der Waals surface area contributed by atoms with Crippen LogP contribution in [-0.4, -0.2) is 0 Å². The Morgan fingerprint density at radius 2 is 1.72 bits per heavy atom. The molecule has 2 aromatic rings. The highest BCUT2D eigenvalue weighted by Gasteiger charge is 2.10. The molecule has 2 heteroatoms. The molecule has 0 saturated carbocycles. The Bertz CT molecular complexity index is 505. The molecule has 0 bridgehead atoms. The van der Waals surface area contributed by atoms with Crippen LogP contribution in [-0.2, 0) is 0 Å². The van der Waals surface area contributed by atoms with Crippen molar-refractivity contribution < 1.29 is 4.74 Å². The summed E-state index contributed by atoms with van der Waals surface area (Å²) in [6.45, 7) is 4.40. The molecule has 0 radical (unpaired) electrons. The molecule has 1 atom stereocenters. The maximum Gasteiger partial charge on any atom is 0.130 e. The quantitative estimate of drug-likeness (QED) is 0.691. The average Bonchev–Trinajstić information content (AvgIpc) is 2.41. The second-order valence-corrected chi connectivity index (χ2v) is 4.84. The van der Waals surface area contributed by atoms with Crippen molar-refractivity contribution in [2.75, 3.05) is 0 Å². The molecule has 0 spiro atoms. The first-order chi connectivity index (χ1) is 8.70. The Morgan fingerprint density at radius 1 is 1.06 bits per heavy atom. The van der Waals surface area contributed by atoms with Gasteiger partial charge in [0.2, 0.25) is 0 Å². The Morgan fingerprint density at radius 3 is 2.39 bits per heavy atom. The summed E-state index contributed by atoms with van der Waals surface area (Å²) in [4.78, 5) is 0. The number of hydrogen-bond donors (Lipinski definition) is 0. The van der Waals surface area contributed by atoms with Gasteiger partial charge in [0.15, 0.2) is 0 Å². The first kappa shape index (κ1) is 13.0. The zero-order chi connectivity index (χ0) is 13.0. The first-order valence-electron chi connectivity index (χ1n) is 6.23. The van der Waals surface area contributed by atoms with Crippen LogP contribution in [0.25, 0.3) is 0 Å². The number of hydrogen-bond acceptors (Lipinski definition) is 1. The molecule has 1 unspecified atom stereocenters. The standard InChI is InChI=1S/C16H17ClO/c1-3-12(2)15-6-4-5-7-16(15)18-14-10-8-13(17)9-11-14/h4-12H,3H2,1-2H3. The Kier molecular flexibility index (Phi) is 4.27. The third-order valence-corrected chi connectivity index (χ3v) is 3.36. The van der Waals surface area contributed by atoms with E-state index in [4.69, 9.17) is 16.3 Å². The van der Waals surface area contributed by atoms with Gasteiger partial charge >= 0.3 is 0 Å². The topological polar surface area (TPSA) is 9.23 Å². The molecule has 0 aliphatic carbocycles. The molecular formula is C16H17ClO. The summed E-state index contributed by atoms with van der Waals surface area (Å²) in [6, 6.07) is 15.6. The molecule has 2 rings (SSSR count). The van der Waals surface area contributed by atoms with Gasteiger partial charge in [-0.15, -0.1) is 0 Å². The maximum absolute atomic E-state index is 5.93. The van der Waals surface area contributed by atoms with Gasteiger partial charge in [-0.1, -0.05) is 43.6 Å². The predicted octanol–water partition coefficient (Wildman–Crippen LogP) is 5.65. The van der Waals surface area contributed by atoms with Crippen LogP contribution in [0.1, 0.15) is 31.7 Å². The minimum absolute atomic E-state index is 0.494. The van der Waals surface area contributed by atoms with Crippen LogP contribution in [0.2, 0.25) is 5.02 Å². The van der Waals surface area contributed by atoms with E-state index in [9.17, 15) is 0 Å². The lowest BCUT2D eigenvalue weighted by Crippen LogP contribution is -1.95. The van der Waals surface area contributed by atoms with Crippen molar-refractivity contribution in [3.8, 4) is 11.5 Å². The van der Waals surface area contributed by atoms with Crippen LogP contribution >= 0.6 is 11.6 Å². The largest absolute Gasteiger partial charge is 0.457 e. The maximum atomic E-state index is 5.93. The normalized spacial score (nSPS) is 12.2. The minimum atomic E-state index is 0.494. The highest BCUT2D eigenvalue weighted by molar-refractivity contribution is 6.30. The van der Waals surface area contributed by atoms with Crippen molar-refractivity contribution in [3.05, 3.63) is 59.1 Å². The van der Waals surface area contributed by atoms with Crippen LogP contribution in [0.5, 0.6) is 11.5 Å². The van der Waals surface area contributed by atoms with E-state index in [1.165, 1.54) is 5.56 Å². The van der Waals surface area contributed by atoms with E-state index in [-0.39, 0.29) is 0 Å². The fourth-order valence-corrected chi connectivity index (χ4v) is 1.96. The molecule has 0 amide bonds. The summed E-state index contributed by atoms with van der Waals surface area (Å²) in [7, 11) is 0. The van der Waals surface area contributed by atoms with Crippen molar-refractivity contribution >= 4 is 11.6 Å². The lowest BCUT2D eigenvalue weighted by Gasteiger charge is -2.15. The highest BCUT2D eigenvalue weighted by Crippen LogP contribution is 2.32. The molecule has 1 nitrogen and oxygen atoms in total. The van der Waals surface area contributed by atoms with Crippen molar-refractivity contribution in [3.63, 3.8) is 0 Å². The SMILES string of the molecule is CCC(C)c1ccccc1Oc1ccc(Cl)cc1. The van der Waals surface area contributed by atoms with Gasteiger partial charge < -0.3 is 4.74 Å². The van der Waals surface area contributed by atoms with E-state index in [1.54, 1.807) is 0 Å². The fraction of sp³-hybridized carbons (Fsp3) is 0.250. The van der Waals surface area contributed by atoms with E-state index in [1.807, 2.05) is 36.4 Å². The minimum Gasteiger partial charge on any atom is -0.457 e. The van der Waals surface area contributed by atoms with E-state index in [2.05, 4.69) is 26.0 Å². The van der Waals surface area contributed by atoms with Crippen molar-refractivity contribution in [2.45, 2.75) is 26.2 Å². The van der Waals surface area contributed by atoms with Gasteiger partial charge in [-0.3, -0.25) is 0 Å². The van der Waals surface area contributed by atoms with Crippen molar-refractivity contribution in [1.82, 2.24) is 0 Å². The number of ether oxygens (including phenoxy) is 1. The highest BCUT2D eigenvalue weighted by atomic mass is 35.5. The molecule has 0 fully saturated rings. The third-order valence-electron chi connectivity index (χ3n) is 3.10. The lowest BCUT2D eigenvalue weighted by atomic mass is 9.98. The Hall–Kier alpha value is -1.47. The first-order valence-corrected chi connectivity index (χ1v) is 6.61. The van der Waals surface area contributed by atoms with E-state index in [0.717, 1.165) is 22.9 Å². The smallest absolute Gasteiger partial charge is 0.130 e. The molecule has 0 heterocycles. The van der Waals surface area contributed by atoms with Gasteiger partial charge in [0.05, 0.1) is 0 Å². The molecular weight excluding hydrogens is 244 g/mol. The van der Waals surface area contributed by atoms with Gasteiger partial charge in [-0.2, -0.15) is 0 Å².